The average molecular weight is 362 g/mol. The molecule has 6 nitrogen and oxygen atoms in total. The van der Waals surface area contributed by atoms with Gasteiger partial charge in [0, 0.05) is 41.7 Å². The van der Waals surface area contributed by atoms with Crippen LogP contribution in [0.3, 0.4) is 0 Å². The molecule has 2 N–H and O–H groups in total. The van der Waals surface area contributed by atoms with Gasteiger partial charge >= 0.3 is 0 Å². The lowest BCUT2D eigenvalue weighted by molar-refractivity contribution is 0.0721. The number of hydrogen-bond acceptors (Lipinski definition) is 4. The molecular weight excluding hydrogens is 340 g/mol. The predicted octanol–water partition coefficient (Wildman–Crippen LogP) is 2.69. The highest BCUT2D eigenvalue weighted by atomic mass is 16.5. The number of nitrogens with zero attached hydrogens (tertiary/aromatic N) is 2. The number of ether oxygens (including phenoxy) is 1. The standard InChI is InChI=1S/C21H22N4O2/c26-21(14-5-6-19-15(9-14)11-23-24-19)25-12-16(10-17-13-27-8-7-22-17)18-3-1-2-4-20(18)25/h1-6,9,11,16-17,22H,7-8,10,12-13H2,(H,23,24). The lowest BCUT2D eigenvalue weighted by atomic mass is 9.94. The van der Waals surface area contributed by atoms with Crippen LogP contribution in [-0.4, -0.2) is 48.4 Å². The largest absolute Gasteiger partial charge is 0.379 e. The summed E-state index contributed by atoms with van der Waals surface area (Å²) in [7, 11) is 0. The van der Waals surface area contributed by atoms with Gasteiger partial charge in [-0.1, -0.05) is 18.2 Å². The maximum atomic E-state index is 13.3. The first kappa shape index (κ1) is 16.5. The summed E-state index contributed by atoms with van der Waals surface area (Å²) in [5.74, 6) is 0.364. The number of benzene rings is 2. The monoisotopic (exact) mass is 362 g/mol. The van der Waals surface area contributed by atoms with Gasteiger partial charge in [-0.25, -0.2) is 0 Å². The van der Waals surface area contributed by atoms with E-state index in [1.807, 2.05) is 29.2 Å². The lowest BCUT2D eigenvalue weighted by Crippen LogP contribution is -2.42. The van der Waals surface area contributed by atoms with E-state index in [1.165, 1.54) is 5.56 Å². The van der Waals surface area contributed by atoms with Crippen LogP contribution in [0.1, 0.15) is 28.3 Å². The average Bonchev–Trinajstić information content (AvgIpc) is 3.33. The molecule has 0 radical (unpaired) electrons. The lowest BCUT2D eigenvalue weighted by Gasteiger charge is -2.26. The van der Waals surface area contributed by atoms with Crippen molar-refractivity contribution in [2.45, 2.75) is 18.4 Å². The van der Waals surface area contributed by atoms with Crippen LogP contribution in [0.5, 0.6) is 0 Å². The molecule has 0 saturated carbocycles. The third-order valence-corrected chi connectivity index (χ3v) is 5.57. The van der Waals surface area contributed by atoms with Crippen LogP contribution in [0.25, 0.3) is 10.9 Å². The van der Waals surface area contributed by atoms with Crippen molar-refractivity contribution in [1.82, 2.24) is 15.5 Å². The predicted molar refractivity (Wildman–Crippen MR) is 104 cm³/mol. The van der Waals surface area contributed by atoms with Gasteiger partial charge in [-0.2, -0.15) is 5.10 Å². The van der Waals surface area contributed by atoms with E-state index in [0.29, 0.717) is 24.1 Å². The van der Waals surface area contributed by atoms with Crippen molar-refractivity contribution in [1.29, 1.82) is 0 Å². The van der Waals surface area contributed by atoms with Gasteiger partial charge in [-0.05, 0) is 36.2 Å². The first-order valence-corrected chi connectivity index (χ1v) is 9.44. The third-order valence-electron chi connectivity index (χ3n) is 5.57. The van der Waals surface area contributed by atoms with Gasteiger partial charge in [-0.15, -0.1) is 0 Å². The molecule has 1 fully saturated rings. The molecule has 0 aliphatic carbocycles. The molecular formula is C21H22N4O2. The molecule has 1 amide bonds. The number of hydrogen-bond donors (Lipinski definition) is 2. The Morgan fingerprint density at radius 2 is 2.19 bits per heavy atom. The Balaban J connectivity index is 1.42. The van der Waals surface area contributed by atoms with E-state index in [-0.39, 0.29) is 5.91 Å². The van der Waals surface area contributed by atoms with E-state index in [2.05, 4.69) is 33.7 Å². The highest BCUT2D eigenvalue weighted by molar-refractivity contribution is 6.09. The minimum atomic E-state index is 0.0425. The summed E-state index contributed by atoms with van der Waals surface area (Å²) < 4.78 is 5.61. The number of aromatic nitrogens is 2. The van der Waals surface area contributed by atoms with Crippen LogP contribution in [0.2, 0.25) is 0 Å². The number of nitrogens with one attached hydrogen (secondary N) is 2. The number of amides is 1. The van der Waals surface area contributed by atoms with Gasteiger partial charge < -0.3 is 15.0 Å². The fourth-order valence-electron chi connectivity index (χ4n) is 4.24. The molecule has 2 aliphatic heterocycles. The van der Waals surface area contributed by atoms with Crippen molar-refractivity contribution in [2.75, 3.05) is 31.2 Å². The Kier molecular flexibility index (Phi) is 4.14. The van der Waals surface area contributed by atoms with Gasteiger partial charge in [0.2, 0.25) is 0 Å². The van der Waals surface area contributed by atoms with Crippen molar-refractivity contribution < 1.29 is 9.53 Å². The zero-order valence-electron chi connectivity index (χ0n) is 15.0. The van der Waals surface area contributed by atoms with E-state index in [0.717, 1.165) is 42.8 Å². The maximum absolute atomic E-state index is 13.3. The zero-order valence-corrected chi connectivity index (χ0v) is 15.0. The molecule has 6 heteroatoms. The summed E-state index contributed by atoms with van der Waals surface area (Å²) in [4.78, 5) is 15.2. The maximum Gasteiger partial charge on any atom is 0.258 e. The minimum absolute atomic E-state index is 0.0425. The molecule has 2 aliphatic rings. The van der Waals surface area contributed by atoms with Crippen molar-refractivity contribution >= 4 is 22.5 Å². The third kappa shape index (κ3) is 3.01. The molecule has 5 rings (SSSR count). The normalized spacial score (nSPS) is 22.1. The van der Waals surface area contributed by atoms with Gasteiger partial charge in [0.15, 0.2) is 0 Å². The minimum Gasteiger partial charge on any atom is -0.379 e. The topological polar surface area (TPSA) is 70.2 Å². The van der Waals surface area contributed by atoms with E-state index in [1.54, 1.807) is 6.20 Å². The summed E-state index contributed by atoms with van der Waals surface area (Å²) >= 11 is 0. The fourth-order valence-corrected chi connectivity index (χ4v) is 4.24. The molecule has 27 heavy (non-hydrogen) atoms. The highest BCUT2D eigenvalue weighted by Crippen LogP contribution is 2.39. The molecule has 3 heterocycles. The van der Waals surface area contributed by atoms with Crippen LogP contribution in [0.4, 0.5) is 5.69 Å². The van der Waals surface area contributed by atoms with Crippen LogP contribution < -0.4 is 10.2 Å². The SMILES string of the molecule is O=C(c1ccc2[nH]ncc2c1)N1CC(CC2COCCN2)c2ccccc21. The quantitative estimate of drug-likeness (QED) is 0.752. The Morgan fingerprint density at radius 3 is 3.07 bits per heavy atom. The van der Waals surface area contributed by atoms with Crippen molar-refractivity contribution in [3.8, 4) is 0 Å². The summed E-state index contributed by atoms with van der Waals surface area (Å²) in [5.41, 5.74) is 3.91. The number of carbonyl (C=O) groups is 1. The van der Waals surface area contributed by atoms with E-state index in [4.69, 9.17) is 4.74 Å². The van der Waals surface area contributed by atoms with Crippen LogP contribution >= 0.6 is 0 Å². The van der Waals surface area contributed by atoms with E-state index >= 15 is 0 Å². The molecule has 2 atom stereocenters. The number of fused-ring (bicyclic) bond motifs is 2. The van der Waals surface area contributed by atoms with Gasteiger partial charge in [0.1, 0.15) is 0 Å². The summed E-state index contributed by atoms with van der Waals surface area (Å²) in [6.07, 6.45) is 2.73. The zero-order chi connectivity index (χ0) is 18.2. The second-order valence-electron chi connectivity index (χ2n) is 7.31. The molecule has 2 aromatic carbocycles. The molecule has 2 unspecified atom stereocenters. The van der Waals surface area contributed by atoms with Crippen molar-refractivity contribution in [3.05, 3.63) is 59.8 Å². The summed E-state index contributed by atoms with van der Waals surface area (Å²) in [6, 6.07) is 14.3. The fraction of sp³-hybridized carbons (Fsp3) is 0.333. The van der Waals surface area contributed by atoms with E-state index < -0.39 is 0 Å². The van der Waals surface area contributed by atoms with Crippen LogP contribution in [-0.2, 0) is 4.74 Å². The van der Waals surface area contributed by atoms with Crippen LogP contribution in [0, 0.1) is 0 Å². The molecule has 1 saturated heterocycles. The number of anilines is 1. The number of rotatable bonds is 3. The highest BCUT2D eigenvalue weighted by Gasteiger charge is 2.34. The smallest absolute Gasteiger partial charge is 0.258 e. The van der Waals surface area contributed by atoms with Gasteiger partial charge in [0.05, 0.1) is 24.9 Å². The molecule has 0 spiro atoms. The van der Waals surface area contributed by atoms with Crippen LogP contribution in [0.15, 0.2) is 48.7 Å². The summed E-state index contributed by atoms with van der Waals surface area (Å²) in [6.45, 7) is 3.12. The van der Waals surface area contributed by atoms with Gasteiger partial charge in [-0.3, -0.25) is 9.89 Å². The Labute approximate surface area is 157 Å². The first-order chi connectivity index (χ1) is 13.3. The molecule has 1 aromatic heterocycles. The number of aromatic amines is 1. The molecule has 3 aromatic rings. The molecule has 0 bridgehead atoms. The van der Waals surface area contributed by atoms with Gasteiger partial charge in [0.25, 0.3) is 5.91 Å². The Hall–Kier alpha value is -2.70. The second-order valence-corrected chi connectivity index (χ2v) is 7.31. The number of morpholine rings is 1. The molecule has 138 valence electrons. The van der Waals surface area contributed by atoms with Crippen molar-refractivity contribution in [2.24, 2.45) is 0 Å². The second kappa shape index (κ2) is 6.79. The number of para-hydroxylation sites is 1. The number of carbonyl (C=O) groups excluding carboxylic acids is 1. The Morgan fingerprint density at radius 1 is 1.26 bits per heavy atom. The number of H-pyrrole nitrogens is 1. The first-order valence-electron chi connectivity index (χ1n) is 9.44. The Bertz CT molecular complexity index is 977. The van der Waals surface area contributed by atoms with Crippen molar-refractivity contribution in [3.63, 3.8) is 0 Å². The summed E-state index contributed by atoms with van der Waals surface area (Å²) in [5, 5.41) is 11.5. The van der Waals surface area contributed by atoms with E-state index in [9.17, 15) is 4.79 Å².